The summed E-state index contributed by atoms with van der Waals surface area (Å²) in [6, 6.07) is 17.4. The summed E-state index contributed by atoms with van der Waals surface area (Å²) in [4.78, 5) is 30.4. The van der Waals surface area contributed by atoms with Gasteiger partial charge in [0.05, 0.1) is 27.0 Å². The van der Waals surface area contributed by atoms with E-state index in [1.54, 1.807) is 42.5 Å². The zero-order valence-corrected chi connectivity index (χ0v) is 25.8. The molecule has 232 valence electrons. The van der Waals surface area contributed by atoms with E-state index < -0.39 is 11.8 Å². The smallest absolute Gasteiger partial charge is 0.335 e. The molecule has 45 heavy (non-hydrogen) atoms. The maximum atomic E-state index is 15.8. The van der Waals surface area contributed by atoms with Crippen molar-refractivity contribution in [3.8, 4) is 27.6 Å². The fraction of sp³-hybridized carbons (Fsp3) is 0.286. The first kappa shape index (κ1) is 30.5. The second-order valence-electron chi connectivity index (χ2n) is 11.6. The van der Waals surface area contributed by atoms with E-state index in [-0.39, 0.29) is 36.0 Å². The Morgan fingerprint density at radius 1 is 1.02 bits per heavy atom. The number of halogens is 2. The third kappa shape index (κ3) is 6.47. The third-order valence-electron chi connectivity index (χ3n) is 8.01. The van der Waals surface area contributed by atoms with E-state index in [9.17, 15) is 19.1 Å². The molecule has 1 saturated carbocycles. The molecule has 6 rings (SSSR count). The Balaban J connectivity index is 1.31. The molecule has 0 spiro atoms. The van der Waals surface area contributed by atoms with Gasteiger partial charge in [0.25, 0.3) is 5.91 Å². The highest BCUT2D eigenvalue weighted by molar-refractivity contribution is 7.17. The van der Waals surface area contributed by atoms with E-state index in [1.165, 1.54) is 35.6 Å². The highest BCUT2D eigenvalue weighted by Crippen LogP contribution is 2.38. The van der Waals surface area contributed by atoms with Gasteiger partial charge in [-0.15, -0.1) is 11.3 Å². The lowest BCUT2D eigenvalue weighted by molar-refractivity contribution is 0.0696. The zero-order valence-electron chi connectivity index (χ0n) is 25.0. The summed E-state index contributed by atoms with van der Waals surface area (Å²) in [5.74, 6) is -1.37. The van der Waals surface area contributed by atoms with Crippen LogP contribution in [0, 0.1) is 11.6 Å². The van der Waals surface area contributed by atoms with Gasteiger partial charge in [-0.3, -0.25) is 4.79 Å². The van der Waals surface area contributed by atoms with E-state index in [0.717, 1.165) is 53.6 Å². The Morgan fingerprint density at radius 2 is 1.78 bits per heavy atom. The van der Waals surface area contributed by atoms with Crippen LogP contribution in [0.25, 0.3) is 32.9 Å². The SMILES string of the molecule is CC(C)NC(=O)c1cc(COc2ccc(-c3nc4cc(C(=O)O)ccc4n3C3CCCCC3)c(F)c2)c(-c2ccc(F)cc2)s1. The van der Waals surface area contributed by atoms with Crippen molar-refractivity contribution in [3.05, 3.63) is 94.4 Å². The Bertz CT molecular complexity index is 1870. The van der Waals surface area contributed by atoms with Crippen molar-refractivity contribution in [3.63, 3.8) is 0 Å². The van der Waals surface area contributed by atoms with Gasteiger partial charge in [-0.2, -0.15) is 0 Å². The number of carbonyl (C=O) groups is 2. The number of carboxylic acids is 1. The van der Waals surface area contributed by atoms with Gasteiger partial charge in [0.1, 0.15) is 29.8 Å². The maximum absolute atomic E-state index is 15.8. The normalized spacial score (nSPS) is 13.8. The first-order valence-corrected chi connectivity index (χ1v) is 15.9. The molecule has 3 aromatic carbocycles. The van der Waals surface area contributed by atoms with Crippen molar-refractivity contribution < 1.29 is 28.2 Å². The number of aromatic carboxylic acids is 1. The predicted molar refractivity (Wildman–Crippen MR) is 171 cm³/mol. The van der Waals surface area contributed by atoms with Gasteiger partial charge >= 0.3 is 5.97 Å². The number of nitrogens with zero attached hydrogens (tertiary/aromatic N) is 2. The number of nitrogens with one attached hydrogen (secondary N) is 1. The van der Waals surface area contributed by atoms with Crippen LogP contribution in [-0.4, -0.2) is 32.6 Å². The number of hydrogen-bond acceptors (Lipinski definition) is 5. The standard InChI is InChI=1S/C35H33F2N3O4S/c1-20(2)38-34(41)31-17-23(32(45-31)21-8-11-24(36)12-9-21)19-44-26-13-14-27(28(37)18-26)33-39-29-16-22(35(42)43)10-15-30(29)40(33)25-6-4-3-5-7-25/h8-18,20,25H,3-7,19H2,1-2H3,(H,38,41)(H,42,43). The van der Waals surface area contributed by atoms with Gasteiger partial charge in [-0.25, -0.2) is 18.6 Å². The molecule has 0 aliphatic heterocycles. The van der Waals surface area contributed by atoms with Gasteiger partial charge in [-0.05, 0) is 80.8 Å². The maximum Gasteiger partial charge on any atom is 0.335 e. The number of thiophene rings is 1. The number of fused-ring (bicyclic) bond motifs is 1. The minimum absolute atomic E-state index is 0.0411. The second-order valence-corrected chi connectivity index (χ2v) is 12.7. The van der Waals surface area contributed by atoms with Crippen LogP contribution < -0.4 is 10.1 Å². The average Bonchev–Trinajstić information content (AvgIpc) is 3.62. The van der Waals surface area contributed by atoms with Crippen molar-refractivity contribution in [2.75, 3.05) is 0 Å². The van der Waals surface area contributed by atoms with E-state index in [1.807, 2.05) is 13.8 Å². The van der Waals surface area contributed by atoms with Crippen LogP contribution in [0.5, 0.6) is 5.75 Å². The van der Waals surface area contributed by atoms with Crippen LogP contribution in [-0.2, 0) is 6.61 Å². The molecular formula is C35H33F2N3O4S. The highest BCUT2D eigenvalue weighted by Gasteiger charge is 2.25. The van der Waals surface area contributed by atoms with Gasteiger partial charge < -0.3 is 19.7 Å². The topological polar surface area (TPSA) is 93.4 Å². The Hall–Kier alpha value is -4.57. The lowest BCUT2D eigenvalue weighted by Gasteiger charge is -2.25. The Kier molecular flexibility index (Phi) is 8.67. The van der Waals surface area contributed by atoms with Crippen LogP contribution in [0.1, 0.15) is 77.6 Å². The first-order chi connectivity index (χ1) is 21.7. The van der Waals surface area contributed by atoms with E-state index in [0.29, 0.717) is 27.5 Å². The summed E-state index contributed by atoms with van der Waals surface area (Å²) in [6.07, 6.45) is 5.16. The molecular weight excluding hydrogens is 596 g/mol. The number of amides is 1. The molecule has 0 saturated heterocycles. The van der Waals surface area contributed by atoms with Crippen molar-refractivity contribution in [1.29, 1.82) is 0 Å². The zero-order chi connectivity index (χ0) is 31.7. The Labute approximate surface area is 263 Å². The minimum atomic E-state index is -1.04. The second kappa shape index (κ2) is 12.8. The van der Waals surface area contributed by atoms with Crippen molar-refractivity contribution >= 4 is 34.2 Å². The number of carbonyl (C=O) groups excluding carboxylic acids is 1. The van der Waals surface area contributed by atoms with Gasteiger partial charge in [0.2, 0.25) is 0 Å². The molecule has 7 nitrogen and oxygen atoms in total. The molecule has 2 heterocycles. The fourth-order valence-electron chi connectivity index (χ4n) is 5.89. The fourth-order valence-corrected chi connectivity index (χ4v) is 6.96. The van der Waals surface area contributed by atoms with Crippen molar-refractivity contribution in [2.24, 2.45) is 0 Å². The number of hydrogen-bond donors (Lipinski definition) is 2. The van der Waals surface area contributed by atoms with Crippen LogP contribution >= 0.6 is 11.3 Å². The van der Waals surface area contributed by atoms with Gasteiger partial charge in [0, 0.05) is 28.6 Å². The lowest BCUT2D eigenvalue weighted by Crippen LogP contribution is -2.29. The first-order valence-electron chi connectivity index (χ1n) is 15.1. The highest BCUT2D eigenvalue weighted by atomic mass is 32.1. The molecule has 0 bridgehead atoms. The van der Waals surface area contributed by atoms with Crippen molar-refractivity contribution in [2.45, 2.75) is 64.6 Å². The van der Waals surface area contributed by atoms with Crippen LogP contribution in [0.4, 0.5) is 8.78 Å². The van der Waals surface area contributed by atoms with Crippen LogP contribution in [0.15, 0.2) is 66.7 Å². The van der Waals surface area contributed by atoms with Gasteiger partial charge in [0.15, 0.2) is 0 Å². The molecule has 1 amide bonds. The summed E-state index contributed by atoms with van der Waals surface area (Å²) >= 11 is 1.29. The van der Waals surface area contributed by atoms with E-state index >= 15 is 4.39 Å². The molecule has 0 atom stereocenters. The molecule has 1 fully saturated rings. The number of aromatic nitrogens is 2. The number of benzene rings is 3. The summed E-state index contributed by atoms with van der Waals surface area (Å²) in [5.41, 5.74) is 3.19. The average molecular weight is 630 g/mol. The van der Waals surface area contributed by atoms with E-state index in [4.69, 9.17) is 9.72 Å². The monoisotopic (exact) mass is 629 g/mol. The molecule has 1 aliphatic rings. The Morgan fingerprint density at radius 3 is 2.47 bits per heavy atom. The molecule has 0 radical (unpaired) electrons. The predicted octanol–water partition coefficient (Wildman–Crippen LogP) is 8.63. The van der Waals surface area contributed by atoms with Crippen molar-refractivity contribution in [1.82, 2.24) is 14.9 Å². The molecule has 0 unspecified atom stereocenters. The van der Waals surface area contributed by atoms with Crippen LogP contribution in [0.2, 0.25) is 0 Å². The summed E-state index contributed by atoms with van der Waals surface area (Å²) in [7, 11) is 0. The molecule has 10 heteroatoms. The van der Waals surface area contributed by atoms with E-state index in [2.05, 4.69) is 9.88 Å². The minimum Gasteiger partial charge on any atom is -0.489 e. The number of carboxylic acid groups (broad SMARTS) is 1. The quantitative estimate of drug-likeness (QED) is 0.170. The number of ether oxygens (including phenoxy) is 1. The van der Waals surface area contributed by atoms with Gasteiger partial charge in [-0.1, -0.05) is 31.4 Å². The summed E-state index contributed by atoms with van der Waals surface area (Å²) in [5, 5.41) is 12.4. The largest absolute Gasteiger partial charge is 0.489 e. The van der Waals surface area contributed by atoms with Crippen LogP contribution in [0.3, 0.4) is 0 Å². The lowest BCUT2D eigenvalue weighted by atomic mass is 9.94. The molecule has 1 aliphatic carbocycles. The number of imidazole rings is 1. The summed E-state index contributed by atoms with van der Waals surface area (Å²) in [6.45, 7) is 3.83. The summed E-state index contributed by atoms with van der Waals surface area (Å²) < 4.78 is 37.6. The molecule has 2 aromatic heterocycles. The third-order valence-corrected chi connectivity index (χ3v) is 9.24. The molecule has 2 N–H and O–H groups in total. The number of rotatable bonds is 9. The molecule has 5 aromatic rings.